The number of hydrogen-bond acceptors (Lipinski definition) is 2. The van der Waals surface area contributed by atoms with Crippen molar-refractivity contribution in [2.24, 2.45) is 5.92 Å². The minimum atomic E-state index is 0.343. The van der Waals surface area contributed by atoms with Crippen molar-refractivity contribution in [3.05, 3.63) is 24.3 Å². The van der Waals surface area contributed by atoms with Crippen LogP contribution in [0.4, 0.5) is 5.69 Å². The number of nitrogens with zero attached hydrogens (tertiary/aromatic N) is 1. The Morgan fingerprint density at radius 2 is 2.07 bits per heavy atom. The fourth-order valence-corrected chi connectivity index (χ4v) is 1.57. The quantitative estimate of drug-likeness (QED) is 0.801. The Bertz CT molecular complexity index is 296. The summed E-state index contributed by atoms with van der Waals surface area (Å²) in [7, 11) is 0. The van der Waals surface area contributed by atoms with Gasteiger partial charge >= 0.3 is 0 Å². The molecule has 2 heteroatoms. The number of benzene rings is 1. The normalized spacial score (nSPS) is 10.7. The van der Waals surface area contributed by atoms with E-state index in [1.807, 2.05) is 18.2 Å². The van der Waals surface area contributed by atoms with Crippen molar-refractivity contribution in [3.63, 3.8) is 0 Å². The summed E-state index contributed by atoms with van der Waals surface area (Å²) in [5.41, 5.74) is 1.11. The highest BCUT2D eigenvalue weighted by atomic mass is 16.3. The maximum absolute atomic E-state index is 9.41. The van der Waals surface area contributed by atoms with Crippen molar-refractivity contribution in [2.45, 2.75) is 27.2 Å². The molecule has 1 N–H and O–H groups in total. The van der Waals surface area contributed by atoms with Gasteiger partial charge in [0.15, 0.2) is 0 Å². The average Bonchev–Trinajstić information content (AvgIpc) is 2.18. The second kappa shape index (κ2) is 5.64. The summed E-state index contributed by atoms with van der Waals surface area (Å²) >= 11 is 0. The molecule has 0 fully saturated rings. The first-order valence-electron chi connectivity index (χ1n) is 5.67. The van der Waals surface area contributed by atoms with Gasteiger partial charge in [0.05, 0.1) is 0 Å². The fourth-order valence-electron chi connectivity index (χ4n) is 1.57. The summed E-state index contributed by atoms with van der Waals surface area (Å²) in [6.45, 7) is 8.64. The molecule has 2 nitrogen and oxygen atoms in total. The van der Waals surface area contributed by atoms with Gasteiger partial charge in [-0.3, -0.25) is 0 Å². The molecule has 0 aliphatic heterocycles. The lowest BCUT2D eigenvalue weighted by molar-refractivity contribution is 0.475. The van der Waals surface area contributed by atoms with E-state index < -0.39 is 0 Å². The van der Waals surface area contributed by atoms with Crippen molar-refractivity contribution in [1.82, 2.24) is 0 Å². The third-order valence-corrected chi connectivity index (χ3v) is 2.55. The van der Waals surface area contributed by atoms with Crippen LogP contribution in [0.1, 0.15) is 27.2 Å². The van der Waals surface area contributed by atoms with Crippen LogP contribution < -0.4 is 4.90 Å². The summed E-state index contributed by atoms with van der Waals surface area (Å²) < 4.78 is 0. The summed E-state index contributed by atoms with van der Waals surface area (Å²) in [6.07, 6.45) is 1.18. The van der Waals surface area contributed by atoms with E-state index in [1.54, 1.807) is 6.07 Å². The van der Waals surface area contributed by atoms with Crippen LogP contribution in [-0.2, 0) is 0 Å². The zero-order chi connectivity index (χ0) is 11.3. The number of phenols is 1. The fraction of sp³-hybridized carbons (Fsp3) is 0.538. The van der Waals surface area contributed by atoms with Crippen molar-refractivity contribution >= 4 is 5.69 Å². The van der Waals surface area contributed by atoms with Gasteiger partial charge in [0.25, 0.3) is 0 Å². The van der Waals surface area contributed by atoms with Gasteiger partial charge in [-0.1, -0.05) is 19.9 Å². The van der Waals surface area contributed by atoms with E-state index in [9.17, 15) is 5.11 Å². The Morgan fingerprint density at radius 3 is 2.60 bits per heavy atom. The summed E-state index contributed by atoms with van der Waals surface area (Å²) in [5.74, 6) is 1.06. The molecule has 0 unspecified atom stereocenters. The lowest BCUT2D eigenvalue weighted by Crippen LogP contribution is -2.24. The van der Waals surface area contributed by atoms with E-state index in [-0.39, 0.29) is 0 Å². The van der Waals surface area contributed by atoms with Gasteiger partial charge in [0.2, 0.25) is 0 Å². The Kier molecular flexibility index (Phi) is 4.47. The van der Waals surface area contributed by atoms with Gasteiger partial charge in [0, 0.05) is 24.8 Å². The van der Waals surface area contributed by atoms with Gasteiger partial charge < -0.3 is 10.0 Å². The smallest absolute Gasteiger partial charge is 0.117 e. The summed E-state index contributed by atoms with van der Waals surface area (Å²) in [6, 6.07) is 7.47. The Hall–Kier alpha value is -1.18. The molecule has 0 atom stereocenters. The molecular weight excluding hydrogens is 186 g/mol. The number of phenolic OH excluding ortho intramolecular Hbond substituents is 1. The first-order valence-corrected chi connectivity index (χ1v) is 5.67. The second-order valence-electron chi connectivity index (χ2n) is 4.28. The molecule has 0 heterocycles. The third-order valence-electron chi connectivity index (χ3n) is 2.55. The van der Waals surface area contributed by atoms with Crippen molar-refractivity contribution in [3.8, 4) is 5.75 Å². The van der Waals surface area contributed by atoms with Crippen LogP contribution in [0.3, 0.4) is 0 Å². The van der Waals surface area contributed by atoms with Gasteiger partial charge in [-0.25, -0.2) is 0 Å². The van der Waals surface area contributed by atoms with Gasteiger partial charge in [-0.2, -0.15) is 0 Å². The van der Waals surface area contributed by atoms with Gasteiger partial charge in [-0.15, -0.1) is 0 Å². The lowest BCUT2D eigenvalue weighted by atomic mass is 10.1. The molecule has 0 amide bonds. The van der Waals surface area contributed by atoms with Crippen molar-refractivity contribution in [1.29, 1.82) is 0 Å². The van der Waals surface area contributed by atoms with Crippen LogP contribution in [0.5, 0.6) is 5.75 Å². The minimum Gasteiger partial charge on any atom is -0.508 e. The van der Waals surface area contributed by atoms with E-state index in [0.29, 0.717) is 5.75 Å². The number of anilines is 1. The number of hydrogen-bond donors (Lipinski definition) is 1. The molecule has 1 aromatic carbocycles. The number of aromatic hydroxyl groups is 1. The highest BCUT2D eigenvalue weighted by molar-refractivity contribution is 5.50. The zero-order valence-corrected chi connectivity index (χ0v) is 9.90. The molecule has 0 spiro atoms. The predicted octanol–water partition coefficient (Wildman–Crippen LogP) is 3.26. The van der Waals surface area contributed by atoms with Crippen LogP contribution in [0.2, 0.25) is 0 Å². The molecule has 0 aliphatic carbocycles. The average molecular weight is 207 g/mol. The monoisotopic (exact) mass is 207 g/mol. The maximum Gasteiger partial charge on any atom is 0.117 e. The van der Waals surface area contributed by atoms with Crippen LogP contribution in [-0.4, -0.2) is 18.2 Å². The molecule has 0 saturated carbocycles. The van der Waals surface area contributed by atoms with Crippen LogP contribution in [0.15, 0.2) is 24.3 Å². The van der Waals surface area contributed by atoms with Crippen LogP contribution >= 0.6 is 0 Å². The highest BCUT2D eigenvalue weighted by Crippen LogP contribution is 2.20. The lowest BCUT2D eigenvalue weighted by Gasteiger charge is -2.24. The first-order chi connectivity index (χ1) is 7.13. The van der Waals surface area contributed by atoms with E-state index >= 15 is 0 Å². The molecule has 0 radical (unpaired) electrons. The van der Waals surface area contributed by atoms with E-state index in [2.05, 4.69) is 25.7 Å². The van der Waals surface area contributed by atoms with Crippen molar-refractivity contribution < 1.29 is 5.11 Å². The highest BCUT2D eigenvalue weighted by Gasteiger charge is 2.05. The van der Waals surface area contributed by atoms with Gasteiger partial charge in [-0.05, 0) is 31.4 Å². The predicted molar refractivity (Wildman–Crippen MR) is 65.4 cm³/mol. The largest absolute Gasteiger partial charge is 0.508 e. The maximum atomic E-state index is 9.41. The van der Waals surface area contributed by atoms with E-state index in [1.165, 1.54) is 6.42 Å². The molecule has 0 bridgehead atoms. The molecule has 84 valence electrons. The van der Waals surface area contributed by atoms with E-state index in [4.69, 9.17) is 0 Å². The zero-order valence-electron chi connectivity index (χ0n) is 9.90. The molecule has 1 rings (SSSR count). The minimum absolute atomic E-state index is 0.343. The second-order valence-corrected chi connectivity index (χ2v) is 4.28. The van der Waals surface area contributed by atoms with Crippen molar-refractivity contribution in [2.75, 3.05) is 18.0 Å². The molecule has 15 heavy (non-hydrogen) atoms. The molecule has 0 aliphatic rings. The molecular formula is C13H21NO. The molecule has 1 aromatic rings. The molecule has 0 aromatic heterocycles. The Labute approximate surface area is 92.5 Å². The Balaban J connectivity index is 2.65. The number of rotatable bonds is 5. The third kappa shape index (κ3) is 3.82. The standard InChI is InChI=1S/C13H21NO/c1-4-14(9-8-11(2)3)12-6-5-7-13(15)10-12/h5-7,10-11,15H,4,8-9H2,1-3H3. The van der Waals surface area contributed by atoms with Crippen LogP contribution in [0, 0.1) is 5.92 Å². The van der Waals surface area contributed by atoms with Gasteiger partial charge in [0.1, 0.15) is 5.75 Å². The topological polar surface area (TPSA) is 23.5 Å². The Morgan fingerprint density at radius 1 is 1.33 bits per heavy atom. The summed E-state index contributed by atoms with van der Waals surface area (Å²) in [5, 5.41) is 9.41. The first kappa shape index (κ1) is 11.9. The summed E-state index contributed by atoms with van der Waals surface area (Å²) in [4.78, 5) is 2.29. The van der Waals surface area contributed by atoms with Crippen LogP contribution in [0.25, 0.3) is 0 Å². The van der Waals surface area contributed by atoms with E-state index in [0.717, 1.165) is 24.7 Å². The SMILES string of the molecule is CCN(CCC(C)C)c1cccc(O)c1. The molecule has 0 saturated heterocycles.